The van der Waals surface area contributed by atoms with Gasteiger partial charge in [-0.25, -0.2) is 0 Å². The van der Waals surface area contributed by atoms with Gasteiger partial charge >= 0.3 is 0 Å². The van der Waals surface area contributed by atoms with Crippen molar-refractivity contribution < 1.29 is 4.79 Å². The molecule has 2 aromatic carbocycles. The number of nitrogens with one attached hydrogen (secondary N) is 1. The number of amides is 1. The normalized spacial score (nSPS) is 11.5. The molecule has 0 aliphatic heterocycles. The van der Waals surface area contributed by atoms with E-state index < -0.39 is 6.04 Å². The van der Waals surface area contributed by atoms with E-state index in [9.17, 15) is 4.79 Å². The molecule has 0 fully saturated rings. The molecule has 0 aromatic heterocycles. The van der Waals surface area contributed by atoms with Gasteiger partial charge in [0.05, 0.1) is 17.7 Å². The molecular formula is C16H15N3OS. The minimum absolute atomic E-state index is 0.211. The summed E-state index contributed by atoms with van der Waals surface area (Å²) in [6.07, 6.45) is 0. The average molecular weight is 297 g/mol. The van der Waals surface area contributed by atoms with Crippen LogP contribution < -0.4 is 11.1 Å². The number of nitrogens with zero attached hydrogens (tertiary/aromatic N) is 1. The SMILES string of the molecule is CC(N)C(=O)Nc1ccc(Sc2cccc(C#N)c2)cc1. The van der Waals surface area contributed by atoms with Crippen LogP contribution >= 0.6 is 11.8 Å². The highest BCUT2D eigenvalue weighted by Gasteiger charge is 2.07. The number of anilines is 1. The predicted molar refractivity (Wildman–Crippen MR) is 84.0 cm³/mol. The van der Waals surface area contributed by atoms with Crippen LogP contribution in [0.2, 0.25) is 0 Å². The summed E-state index contributed by atoms with van der Waals surface area (Å²) < 4.78 is 0. The van der Waals surface area contributed by atoms with Crippen molar-refractivity contribution in [2.24, 2.45) is 5.73 Å². The van der Waals surface area contributed by atoms with Crippen LogP contribution in [0, 0.1) is 11.3 Å². The molecule has 2 aromatic rings. The van der Waals surface area contributed by atoms with Crippen molar-refractivity contribution in [2.75, 3.05) is 5.32 Å². The van der Waals surface area contributed by atoms with Crippen molar-refractivity contribution in [2.45, 2.75) is 22.8 Å². The first-order valence-electron chi connectivity index (χ1n) is 6.43. The Morgan fingerprint density at radius 3 is 2.57 bits per heavy atom. The van der Waals surface area contributed by atoms with E-state index in [4.69, 9.17) is 11.0 Å². The van der Waals surface area contributed by atoms with Crippen LogP contribution in [0.1, 0.15) is 12.5 Å². The summed E-state index contributed by atoms with van der Waals surface area (Å²) in [5.74, 6) is -0.211. The molecule has 0 aliphatic carbocycles. The van der Waals surface area contributed by atoms with Crippen LogP contribution in [-0.2, 0) is 4.79 Å². The molecule has 106 valence electrons. The molecule has 1 amide bonds. The van der Waals surface area contributed by atoms with Crippen molar-refractivity contribution in [3.63, 3.8) is 0 Å². The van der Waals surface area contributed by atoms with Crippen LogP contribution in [0.4, 0.5) is 5.69 Å². The van der Waals surface area contributed by atoms with E-state index >= 15 is 0 Å². The van der Waals surface area contributed by atoms with Gasteiger partial charge in [-0.05, 0) is 49.4 Å². The molecule has 4 nitrogen and oxygen atoms in total. The molecule has 0 saturated heterocycles. The number of rotatable bonds is 4. The van der Waals surface area contributed by atoms with E-state index in [1.165, 1.54) is 0 Å². The lowest BCUT2D eigenvalue weighted by Gasteiger charge is -2.08. The predicted octanol–water partition coefficient (Wildman–Crippen LogP) is 3.00. The minimum Gasteiger partial charge on any atom is -0.325 e. The second kappa shape index (κ2) is 6.93. The van der Waals surface area contributed by atoms with Gasteiger partial charge in [0.15, 0.2) is 0 Å². The van der Waals surface area contributed by atoms with E-state index in [1.807, 2.05) is 42.5 Å². The summed E-state index contributed by atoms with van der Waals surface area (Å²) in [6, 6.07) is 16.5. The highest BCUT2D eigenvalue weighted by molar-refractivity contribution is 7.99. The highest BCUT2D eigenvalue weighted by Crippen LogP contribution is 2.28. The quantitative estimate of drug-likeness (QED) is 0.909. The number of nitrogens with two attached hydrogens (primary N) is 1. The number of carbonyl (C=O) groups excluding carboxylic acids is 1. The maximum absolute atomic E-state index is 11.5. The Labute approximate surface area is 128 Å². The van der Waals surface area contributed by atoms with Crippen molar-refractivity contribution in [3.05, 3.63) is 54.1 Å². The summed E-state index contributed by atoms with van der Waals surface area (Å²) in [6.45, 7) is 1.64. The second-order valence-corrected chi connectivity index (χ2v) is 5.69. The molecule has 3 N–H and O–H groups in total. The number of carbonyl (C=O) groups is 1. The Morgan fingerprint density at radius 1 is 1.24 bits per heavy atom. The van der Waals surface area contributed by atoms with Gasteiger partial charge in [-0.1, -0.05) is 17.8 Å². The lowest BCUT2D eigenvalue weighted by Crippen LogP contribution is -2.32. The zero-order chi connectivity index (χ0) is 15.2. The van der Waals surface area contributed by atoms with Crippen LogP contribution in [0.5, 0.6) is 0 Å². The molecule has 1 atom stereocenters. The fourth-order valence-electron chi connectivity index (χ4n) is 1.63. The third-order valence-electron chi connectivity index (χ3n) is 2.73. The Bertz CT molecular complexity index is 675. The smallest absolute Gasteiger partial charge is 0.240 e. The summed E-state index contributed by atoms with van der Waals surface area (Å²) in [4.78, 5) is 13.5. The van der Waals surface area contributed by atoms with E-state index in [1.54, 1.807) is 24.8 Å². The number of benzene rings is 2. The van der Waals surface area contributed by atoms with Gasteiger partial charge in [0.2, 0.25) is 5.91 Å². The Hall–Kier alpha value is -2.29. The van der Waals surface area contributed by atoms with Crippen molar-refractivity contribution in [1.29, 1.82) is 5.26 Å². The largest absolute Gasteiger partial charge is 0.325 e. The summed E-state index contributed by atoms with van der Waals surface area (Å²) in [7, 11) is 0. The van der Waals surface area contributed by atoms with E-state index in [-0.39, 0.29) is 5.91 Å². The fourth-order valence-corrected chi connectivity index (χ4v) is 2.50. The third-order valence-corrected chi connectivity index (χ3v) is 3.73. The monoisotopic (exact) mass is 297 g/mol. The number of hydrogen-bond acceptors (Lipinski definition) is 4. The molecule has 5 heteroatoms. The highest BCUT2D eigenvalue weighted by atomic mass is 32.2. The van der Waals surface area contributed by atoms with E-state index in [0.717, 1.165) is 9.79 Å². The molecule has 0 radical (unpaired) electrons. The zero-order valence-electron chi connectivity index (χ0n) is 11.5. The molecule has 21 heavy (non-hydrogen) atoms. The average Bonchev–Trinajstić information content (AvgIpc) is 2.49. The zero-order valence-corrected chi connectivity index (χ0v) is 12.4. The minimum atomic E-state index is -0.534. The Kier molecular flexibility index (Phi) is 4.99. The van der Waals surface area contributed by atoms with Gasteiger partial charge < -0.3 is 11.1 Å². The first-order valence-corrected chi connectivity index (χ1v) is 7.24. The Balaban J connectivity index is 2.05. The third kappa shape index (κ3) is 4.35. The number of nitriles is 1. The van der Waals surface area contributed by atoms with Gasteiger partial charge in [-0.15, -0.1) is 0 Å². The topological polar surface area (TPSA) is 78.9 Å². The summed E-state index contributed by atoms with van der Waals surface area (Å²) in [5, 5.41) is 11.6. The second-order valence-electron chi connectivity index (χ2n) is 4.54. The Morgan fingerprint density at radius 2 is 1.95 bits per heavy atom. The molecule has 1 unspecified atom stereocenters. The molecule has 0 heterocycles. The van der Waals surface area contributed by atoms with E-state index in [2.05, 4.69) is 11.4 Å². The molecule has 0 spiro atoms. The van der Waals surface area contributed by atoms with Gasteiger partial charge in [0.1, 0.15) is 0 Å². The first-order chi connectivity index (χ1) is 10.1. The first kappa shape index (κ1) is 15.1. The number of hydrogen-bond donors (Lipinski definition) is 2. The lowest BCUT2D eigenvalue weighted by molar-refractivity contribution is -0.117. The maximum atomic E-state index is 11.5. The van der Waals surface area contributed by atoms with Gasteiger partial charge in [0, 0.05) is 15.5 Å². The van der Waals surface area contributed by atoms with Crippen molar-refractivity contribution in [3.8, 4) is 6.07 Å². The maximum Gasteiger partial charge on any atom is 0.240 e. The van der Waals surface area contributed by atoms with Gasteiger partial charge in [-0.2, -0.15) is 5.26 Å². The molecule has 2 rings (SSSR count). The van der Waals surface area contributed by atoms with Crippen molar-refractivity contribution in [1.82, 2.24) is 0 Å². The van der Waals surface area contributed by atoms with Crippen molar-refractivity contribution >= 4 is 23.4 Å². The van der Waals surface area contributed by atoms with E-state index in [0.29, 0.717) is 11.3 Å². The molecule has 0 saturated carbocycles. The molecular weight excluding hydrogens is 282 g/mol. The lowest BCUT2D eigenvalue weighted by atomic mass is 10.2. The van der Waals surface area contributed by atoms with Gasteiger partial charge in [0.25, 0.3) is 0 Å². The summed E-state index contributed by atoms with van der Waals surface area (Å²) >= 11 is 1.56. The molecule has 0 aliphatic rings. The van der Waals surface area contributed by atoms with Crippen LogP contribution in [0.25, 0.3) is 0 Å². The standard InChI is InChI=1S/C16H15N3OS/c1-11(18)16(20)19-13-5-7-14(8-6-13)21-15-4-2-3-12(9-15)10-17/h2-9,11H,18H2,1H3,(H,19,20). The fraction of sp³-hybridized carbons (Fsp3) is 0.125. The molecule has 0 bridgehead atoms. The van der Waals surface area contributed by atoms with Crippen LogP contribution in [0.3, 0.4) is 0 Å². The summed E-state index contributed by atoms with van der Waals surface area (Å²) in [5.41, 5.74) is 6.86. The van der Waals surface area contributed by atoms with Crippen LogP contribution in [0.15, 0.2) is 58.3 Å². The van der Waals surface area contributed by atoms with Gasteiger partial charge in [-0.3, -0.25) is 4.79 Å². The van der Waals surface area contributed by atoms with Crippen LogP contribution in [-0.4, -0.2) is 11.9 Å².